The van der Waals surface area contributed by atoms with Crippen molar-refractivity contribution in [3.63, 3.8) is 0 Å². The lowest BCUT2D eigenvalue weighted by atomic mass is 10.2. The number of rotatable bonds is 4. The maximum absolute atomic E-state index is 10.2. The summed E-state index contributed by atoms with van der Waals surface area (Å²) in [5, 5.41) is 16.7. The molecule has 0 rings (SSSR count). The average molecular weight is 159 g/mol. The van der Waals surface area contributed by atoms with Crippen LogP contribution in [-0.4, -0.2) is 28.7 Å². The fourth-order valence-electron chi connectivity index (χ4n) is 0.533. The first-order chi connectivity index (χ1) is 5.07. The third kappa shape index (κ3) is 4.10. The summed E-state index contributed by atoms with van der Waals surface area (Å²) in [7, 11) is 0. The van der Waals surface area contributed by atoms with Crippen LogP contribution < -0.4 is 5.73 Å². The van der Waals surface area contributed by atoms with Crippen molar-refractivity contribution < 1.29 is 19.8 Å². The molecular formula is C6H9NO4. The van der Waals surface area contributed by atoms with E-state index in [-0.39, 0.29) is 18.6 Å². The van der Waals surface area contributed by atoms with E-state index in [1.165, 1.54) is 0 Å². The molecule has 5 nitrogen and oxygen atoms in total. The summed E-state index contributed by atoms with van der Waals surface area (Å²) in [6, 6.07) is 0. The number of primary amides is 1. The van der Waals surface area contributed by atoms with Crippen molar-refractivity contribution in [2.24, 2.45) is 5.73 Å². The number of hydrogen-bond acceptors (Lipinski definition) is 3. The van der Waals surface area contributed by atoms with Crippen molar-refractivity contribution in [2.45, 2.75) is 6.42 Å². The van der Waals surface area contributed by atoms with Gasteiger partial charge in [0.25, 0.3) is 0 Å². The molecule has 0 saturated heterocycles. The van der Waals surface area contributed by atoms with Gasteiger partial charge in [0.15, 0.2) is 0 Å². The maximum atomic E-state index is 10.2. The number of amides is 1. The number of carbonyl (C=O) groups excluding carboxylic acids is 1. The Hall–Kier alpha value is -1.36. The van der Waals surface area contributed by atoms with E-state index in [0.29, 0.717) is 0 Å². The van der Waals surface area contributed by atoms with Gasteiger partial charge >= 0.3 is 5.97 Å². The van der Waals surface area contributed by atoms with Gasteiger partial charge in [-0.25, -0.2) is 4.79 Å². The van der Waals surface area contributed by atoms with E-state index in [0.717, 1.165) is 6.08 Å². The van der Waals surface area contributed by atoms with Crippen LogP contribution in [0.5, 0.6) is 0 Å². The highest BCUT2D eigenvalue weighted by Crippen LogP contribution is 1.99. The van der Waals surface area contributed by atoms with Gasteiger partial charge in [0.1, 0.15) is 0 Å². The van der Waals surface area contributed by atoms with E-state index in [1.54, 1.807) is 0 Å². The topological polar surface area (TPSA) is 101 Å². The van der Waals surface area contributed by atoms with Crippen molar-refractivity contribution in [2.75, 3.05) is 6.61 Å². The fourth-order valence-corrected chi connectivity index (χ4v) is 0.533. The zero-order valence-electron chi connectivity index (χ0n) is 5.78. The Morgan fingerprint density at radius 1 is 1.45 bits per heavy atom. The molecule has 0 aliphatic rings. The number of aliphatic carboxylic acids is 1. The lowest BCUT2D eigenvalue weighted by molar-refractivity contribution is -0.133. The molecule has 0 saturated carbocycles. The Labute approximate surface area is 63.1 Å². The minimum Gasteiger partial charge on any atom is -0.478 e. The number of hydrogen-bond donors (Lipinski definition) is 3. The SMILES string of the molecule is NC(=O)C=C(CCO)C(=O)O. The summed E-state index contributed by atoms with van der Waals surface area (Å²) in [4.78, 5) is 20.4. The summed E-state index contributed by atoms with van der Waals surface area (Å²) < 4.78 is 0. The van der Waals surface area contributed by atoms with Crippen molar-refractivity contribution in [1.29, 1.82) is 0 Å². The summed E-state index contributed by atoms with van der Waals surface area (Å²) >= 11 is 0. The quantitative estimate of drug-likeness (QED) is 0.451. The second kappa shape index (κ2) is 4.45. The highest BCUT2D eigenvalue weighted by atomic mass is 16.4. The van der Waals surface area contributed by atoms with Crippen molar-refractivity contribution in [1.82, 2.24) is 0 Å². The van der Waals surface area contributed by atoms with Gasteiger partial charge in [0.2, 0.25) is 5.91 Å². The van der Waals surface area contributed by atoms with Crippen molar-refractivity contribution in [3.05, 3.63) is 11.6 Å². The molecule has 0 heterocycles. The molecule has 0 unspecified atom stereocenters. The van der Waals surface area contributed by atoms with Gasteiger partial charge < -0.3 is 15.9 Å². The van der Waals surface area contributed by atoms with Crippen LogP contribution in [0.4, 0.5) is 0 Å². The number of aliphatic hydroxyl groups is 1. The number of carbonyl (C=O) groups is 2. The molecule has 0 aromatic carbocycles. The van der Waals surface area contributed by atoms with Crippen LogP contribution >= 0.6 is 0 Å². The molecule has 0 aliphatic carbocycles. The Morgan fingerprint density at radius 2 is 2.00 bits per heavy atom. The van der Waals surface area contributed by atoms with Crippen LogP contribution in [0.25, 0.3) is 0 Å². The molecular weight excluding hydrogens is 150 g/mol. The van der Waals surface area contributed by atoms with Gasteiger partial charge in [-0.05, 0) is 0 Å². The number of carboxylic acids is 1. The van der Waals surface area contributed by atoms with Gasteiger partial charge in [-0.15, -0.1) is 0 Å². The summed E-state index contributed by atoms with van der Waals surface area (Å²) in [5.41, 5.74) is 4.52. The molecule has 1 amide bonds. The second-order valence-electron chi connectivity index (χ2n) is 1.85. The second-order valence-corrected chi connectivity index (χ2v) is 1.85. The summed E-state index contributed by atoms with van der Waals surface area (Å²) in [5.74, 6) is -2.06. The molecule has 11 heavy (non-hydrogen) atoms. The predicted octanol–water partition coefficient (Wildman–Crippen LogP) is -1.13. The molecule has 4 N–H and O–H groups in total. The Balaban J connectivity index is 4.32. The first kappa shape index (κ1) is 9.64. The van der Waals surface area contributed by atoms with Crippen molar-refractivity contribution in [3.8, 4) is 0 Å². The lowest BCUT2D eigenvalue weighted by Gasteiger charge is -1.95. The number of carboxylic acid groups (broad SMARTS) is 1. The Bertz CT molecular complexity index is 197. The molecule has 0 atom stereocenters. The van der Waals surface area contributed by atoms with Crippen LogP contribution in [0.2, 0.25) is 0 Å². The summed E-state index contributed by atoms with van der Waals surface area (Å²) in [6.07, 6.45) is 0.719. The molecule has 0 aliphatic heterocycles. The Kier molecular flexibility index (Phi) is 3.90. The molecule has 0 spiro atoms. The highest BCUT2D eigenvalue weighted by molar-refractivity contribution is 5.96. The molecule has 0 radical (unpaired) electrons. The summed E-state index contributed by atoms with van der Waals surface area (Å²) in [6.45, 7) is -0.314. The first-order valence-corrected chi connectivity index (χ1v) is 2.92. The van der Waals surface area contributed by atoms with Gasteiger partial charge in [0.05, 0.1) is 0 Å². The molecule has 62 valence electrons. The maximum Gasteiger partial charge on any atom is 0.331 e. The molecule has 0 aromatic heterocycles. The lowest BCUT2D eigenvalue weighted by Crippen LogP contribution is -2.11. The monoisotopic (exact) mass is 159 g/mol. The van der Waals surface area contributed by atoms with E-state index >= 15 is 0 Å². The minimum absolute atomic E-state index is 0.0712. The normalized spacial score (nSPS) is 11.2. The van der Waals surface area contributed by atoms with E-state index < -0.39 is 11.9 Å². The fraction of sp³-hybridized carbons (Fsp3) is 0.333. The van der Waals surface area contributed by atoms with Crippen LogP contribution in [-0.2, 0) is 9.59 Å². The van der Waals surface area contributed by atoms with E-state index in [2.05, 4.69) is 0 Å². The van der Waals surface area contributed by atoms with Crippen LogP contribution in [0.1, 0.15) is 6.42 Å². The molecule has 0 fully saturated rings. The van der Waals surface area contributed by atoms with Crippen LogP contribution in [0.3, 0.4) is 0 Å². The third-order valence-electron chi connectivity index (χ3n) is 0.972. The zero-order valence-corrected chi connectivity index (χ0v) is 5.78. The minimum atomic E-state index is -1.24. The van der Waals surface area contributed by atoms with E-state index in [1.807, 2.05) is 0 Å². The van der Waals surface area contributed by atoms with Crippen molar-refractivity contribution >= 4 is 11.9 Å². The number of nitrogens with two attached hydrogens (primary N) is 1. The van der Waals surface area contributed by atoms with Gasteiger partial charge in [-0.2, -0.15) is 0 Å². The van der Waals surface area contributed by atoms with E-state index in [4.69, 9.17) is 15.9 Å². The molecule has 0 aromatic rings. The van der Waals surface area contributed by atoms with Crippen LogP contribution in [0, 0.1) is 0 Å². The van der Waals surface area contributed by atoms with E-state index in [9.17, 15) is 9.59 Å². The number of aliphatic hydroxyl groups excluding tert-OH is 1. The molecule has 0 bridgehead atoms. The first-order valence-electron chi connectivity index (χ1n) is 2.92. The van der Waals surface area contributed by atoms with Gasteiger partial charge in [0, 0.05) is 24.7 Å². The average Bonchev–Trinajstić information content (AvgIpc) is 1.86. The van der Waals surface area contributed by atoms with Crippen LogP contribution in [0.15, 0.2) is 11.6 Å². The Morgan fingerprint density at radius 3 is 2.27 bits per heavy atom. The standard InChI is InChI=1S/C6H9NO4/c7-5(9)3-4(1-2-8)6(10)11/h3,8H,1-2H2,(H2,7,9)(H,10,11). The van der Waals surface area contributed by atoms with Gasteiger partial charge in [-0.3, -0.25) is 4.79 Å². The third-order valence-corrected chi connectivity index (χ3v) is 0.972. The zero-order chi connectivity index (χ0) is 8.85. The smallest absolute Gasteiger partial charge is 0.331 e. The van der Waals surface area contributed by atoms with Gasteiger partial charge in [-0.1, -0.05) is 0 Å². The predicted molar refractivity (Wildman–Crippen MR) is 36.6 cm³/mol. The molecule has 5 heteroatoms. The largest absolute Gasteiger partial charge is 0.478 e. The highest BCUT2D eigenvalue weighted by Gasteiger charge is 2.06.